The van der Waals surface area contributed by atoms with Gasteiger partial charge in [-0.2, -0.15) is 52.7 Å². The molecule has 4 aromatic carbocycles. The van der Waals surface area contributed by atoms with Gasteiger partial charge in [0.25, 0.3) is 0 Å². The average Bonchev–Trinajstić information content (AvgIpc) is 3.06. The molecule has 2 radical (unpaired) electrons. The predicted octanol–water partition coefficient (Wildman–Crippen LogP) is 16.2. The SMILES string of the molecule is CC(CC(C)[N-]c1c(Cl)cccc1C(F)(F)F)[N-]c1c(Cl)cccc1C(F)(F)F.CC(CC(C)[N-]c1c(Cl)cccc1C(F)(F)F)[N-]c1c(Cl)cccc1C(F)(F)F.O.O.[Cu+2].[Cu+2]. The van der Waals surface area contributed by atoms with E-state index in [0.717, 1.165) is 24.3 Å². The van der Waals surface area contributed by atoms with Crippen LogP contribution in [0.4, 0.5) is 75.4 Å². The fourth-order valence-electron chi connectivity index (χ4n) is 5.58. The Bertz CT molecular complexity index is 1730. The quantitative estimate of drug-likeness (QED) is 0.0992. The van der Waals surface area contributed by atoms with Crippen molar-refractivity contribution in [3.8, 4) is 0 Å². The molecule has 0 spiro atoms. The zero-order valence-electron chi connectivity index (χ0n) is 32.1. The third kappa shape index (κ3) is 17.7. The normalized spacial score (nSPS) is 13.5. The smallest absolute Gasteiger partial charge is 0.680 e. The van der Waals surface area contributed by atoms with Crippen molar-refractivity contribution in [3.05, 3.63) is 136 Å². The van der Waals surface area contributed by atoms with Crippen LogP contribution in [0.15, 0.2) is 72.8 Å². The molecule has 0 fully saturated rings. The largest absolute Gasteiger partial charge is 2.00 e. The van der Waals surface area contributed by atoms with Gasteiger partial charge >= 0.3 is 58.8 Å². The van der Waals surface area contributed by atoms with Crippen molar-refractivity contribution < 1.29 is 97.8 Å². The van der Waals surface area contributed by atoms with E-state index in [1.54, 1.807) is 0 Å². The Morgan fingerprint density at radius 2 is 0.532 bits per heavy atom. The molecule has 0 aliphatic rings. The third-order valence-corrected chi connectivity index (χ3v) is 9.15. The zero-order chi connectivity index (χ0) is 44.0. The molecule has 0 heterocycles. The molecule has 0 saturated heterocycles. The van der Waals surface area contributed by atoms with Crippen molar-refractivity contribution in [2.75, 3.05) is 0 Å². The van der Waals surface area contributed by atoms with Gasteiger partial charge in [0, 0.05) is 42.3 Å². The van der Waals surface area contributed by atoms with Gasteiger partial charge in [0.05, 0.1) is 0 Å². The predicted molar refractivity (Wildman–Crippen MR) is 212 cm³/mol. The monoisotopic (exact) mass is 1070 g/mol. The Hall–Kier alpha value is -2.64. The number of halogens is 16. The molecular formula is C38H36Cl4Cu2F12N4O2. The van der Waals surface area contributed by atoms with Crippen LogP contribution in [0.3, 0.4) is 0 Å². The Labute approximate surface area is 390 Å². The van der Waals surface area contributed by atoms with E-state index in [4.69, 9.17) is 46.4 Å². The molecule has 0 amide bonds. The average molecular weight is 1080 g/mol. The Kier molecular flexibility index (Phi) is 24.9. The fraction of sp³-hybridized carbons (Fsp3) is 0.368. The van der Waals surface area contributed by atoms with Crippen LogP contribution in [-0.4, -0.2) is 35.1 Å². The van der Waals surface area contributed by atoms with Gasteiger partial charge in [0.2, 0.25) is 0 Å². The first-order valence-corrected chi connectivity index (χ1v) is 18.4. The molecule has 24 heteroatoms. The summed E-state index contributed by atoms with van der Waals surface area (Å²) in [5, 5.41) is 15.5. The Morgan fingerprint density at radius 3 is 0.677 bits per heavy atom. The molecule has 4 N–H and O–H groups in total. The van der Waals surface area contributed by atoms with Crippen molar-refractivity contribution >= 4 is 69.2 Å². The minimum Gasteiger partial charge on any atom is -0.680 e. The van der Waals surface area contributed by atoms with Gasteiger partial charge in [0.15, 0.2) is 0 Å². The first-order chi connectivity index (χ1) is 26.6. The Balaban J connectivity index is 0. The summed E-state index contributed by atoms with van der Waals surface area (Å²) in [6.45, 7) is 6.14. The number of rotatable bonds is 12. The molecule has 4 rings (SSSR count). The number of benzene rings is 4. The van der Waals surface area contributed by atoms with Crippen LogP contribution in [0.5, 0.6) is 0 Å². The summed E-state index contributed by atoms with van der Waals surface area (Å²) < 4.78 is 158. The maximum absolute atomic E-state index is 13.2. The molecule has 4 unspecified atom stereocenters. The molecule has 0 saturated carbocycles. The van der Waals surface area contributed by atoms with E-state index in [0.29, 0.717) is 0 Å². The molecule has 6 nitrogen and oxygen atoms in total. The summed E-state index contributed by atoms with van der Waals surface area (Å²) in [6.07, 6.45) is -18.4. The molecule has 0 aromatic heterocycles. The second kappa shape index (κ2) is 25.2. The number of alkyl halides is 12. The maximum atomic E-state index is 13.2. The minimum absolute atomic E-state index is 0. The second-order valence-corrected chi connectivity index (χ2v) is 14.5. The van der Waals surface area contributed by atoms with E-state index in [-0.39, 0.29) is 78.0 Å². The van der Waals surface area contributed by atoms with Gasteiger partial charge < -0.3 is 32.2 Å². The fourth-order valence-corrected chi connectivity index (χ4v) is 6.47. The molecule has 0 aliphatic heterocycles. The van der Waals surface area contributed by atoms with Gasteiger partial charge in [-0.25, -0.2) is 0 Å². The third-order valence-electron chi connectivity index (χ3n) is 7.93. The van der Waals surface area contributed by atoms with E-state index in [2.05, 4.69) is 21.3 Å². The van der Waals surface area contributed by atoms with Crippen molar-refractivity contribution in [1.82, 2.24) is 0 Å². The standard InChI is InChI=1S/2C19H16Cl2F6N2.2Cu.2H2O/c2*1-10(28-16-12(18(22,23)24)5-3-7-14(16)20)9-11(2)29-17-13(19(25,26)27)6-4-8-15(17)21;;;;/h2*3-8,10-11H,9H2,1-2H3;;;2*1H2/q2*-2;2*+2;;. The molecule has 4 aromatic rings. The number of hydrogen-bond donors (Lipinski definition) is 0. The molecule has 0 aliphatic carbocycles. The summed E-state index contributed by atoms with van der Waals surface area (Å²) in [5.74, 6) is 0. The topological polar surface area (TPSA) is 119 Å². The molecule has 62 heavy (non-hydrogen) atoms. The summed E-state index contributed by atoms with van der Waals surface area (Å²) in [7, 11) is 0. The van der Waals surface area contributed by atoms with Crippen molar-refractivity contribution in [2.24, 2.45) is 0 Å². The molecule has 4 atom stereocenters. The van der Waals surface area contributed by atoms with Gasteiger partial charge in [-0.1, -0.05) is 135 Å². The van der Waals surface area contributed by atoms with Crippen LogP contribution < -0.4 is 0 Å². The zero-order valence-corrected chi connectivity index (χ0v) is 37.0. The van der Waals surface area contributed by atoms with E-state index in [9.17, 15) is 52.7 Å². The van der Waals surface area contributed by atoms with Crippen LogP contribution >= 0.6 is 46.4 Å². The minimum atomic E-state index is -4.64. The Morgan fingerprint density at radius 1 is 0.371 bits per heavy atom. The summed E-state index contributed by atoms with van der Waals surface area (Å²) >= 11 is 23.5. The first kappa shape index (κ1) is 61.4. The van der Waals surface area contributed by atoms with Gasteiger partial charge in [-0.05, 0) is 24.3 Å². The van der Waals surface area contributed by atoms with E-state index >= 15 is 0 Å². The van der Waals surface area contributed by atoms with Crippen LogP contribution in [0.1, 0.15) is 62.8 Å². The van der Waals surface area contributed by atoms with E-state index < -0.39 is 93.9 Å². The first-order valence-electron chi connectivity index (χ1n) is 16.9. The van der Waals surface area contributed by atoms with Crippen LogP contribution in [0.2, 0.25) is 20.1 Å². The van der Waals surface area contributed by atoms with Gasteiger partial charge in [-0.15, -0.1) is 46.9 Å². The van der Waals surface area contributed by atoms with Crippen molar-refractivity contribution in [2.45, 2.75) is 89.4 Å². The number of hydrogen-bond acceptors (Lipinski definition) is 0. The van der Waals surface area contributed by atoms with Gasteiger partial charge in [0.1, 0.15) is 0 Å². The number of nitrogens with zero attached hydrogens (tertiary/aromatic N) is 4. The van der Waals surface area contributed by atoms with E-state index in [1.807, 2.05) is 0 Å². The van der Waals surface area contributed by atoms with Crippen molar-refractivity contribution in [3.63, 3.8) is 0 Å². The van der Waals surface area contributed by atoms with Crippen LogP contribution in [0.25, 0.3) is 21.3 Å². The van der Waals surface area contributed by atoms with E-state index in [1.165, 1.54) is 76.2 Å². The number of para-hydroxylation sites is 4. The summed E-state index contributed by atoms with van der Waals surface area (Å²) in [4.78, 5) is 0. The molecule has 354 valence electrons. The summed E-state index contributed by atoms with van der Waals surface area (Å²) in [5.41, 5.74) is -5.55. The van der Waals surface area contributed by atoms with Gasteiger partial charge in [-0.3, -0.25) is 0 Å². The molecular weight excluding hydrogens is 1040 g/mol. The second-order valence-electron chi connectivity index (χ2n) is 12.9. The van der Waals surface area contributed by atoms with Crippen LogP contribution in [0, 0.1) is 0 Å². The summed E-state index contributed by atoms with van der Waals surface area (Å²) in [6, 6.07) is 10.5. The maximum Gasteiger partial charge on any atom is 2.00 e. The van der Waals surface area contributed by atoms with Crippen LogP contribution in [-0.2, 0) is 58.8 Å². The van der Waals surface area contributed by atoms with Crippen molar-refractivity contribution in [1.29, 1.82) is 0 Å². The molecule has 0 bridgehead atoms.